The van der Waals surface area contributed by atoms with Crippen molar-refractivity contribution in [2.24, 2.45) is 22.7 Å². The van der Waals surface area contributed by atoms with Gasteiger partial charge < -0.3 is 11.3 Å². The maximum Gasteiger partial charge on any atom is 0.328 e. The van der Waals surface area contributed by atoms with E-state index in [-0.39, 0.29) is 5.69 Å². The summed E-state index contributed by atoms with van der Waals surface area (Å²) in [5, 5.41) is 3.72. The van der Waals surface area contributed by atoms with Gasteiger partial charge in [0.15, 0.2) is 5.84 Å². The number of pyridine rings is 1. The third-order valence-electron chi connectivity index (χ3n) is 5.75. The minimum absolute atomic E-state index is 0.0504. The van der Waals surface area contributed by atoms with Gasteiger partial charge in [-0.05, 0) is 36.8 Å². The summed E-state index contributed by atoms with van der Waals surface area (Å²) in [6, 6.07) is 11.6. The number of unbranched alkanes of at least 4 members (excludes halogenated alkanes) is 1. The Kier molecular flexibility index (Phi) is 8.43. The summed E-state index contributed by atoms with van der Waals surface area (Å²) >= 11 is 0. The second-order valence-electron chi connectivity index (χ2n) is 8.69. The molecule has 0 saturated heterocycles. The van der Waals surface area contributed by atoms with Crippen LogP contribution in [0.3, 0.4) is 0 Å². The minimum Gasteiger partial charge on any atom is -0.321 e. The SMILES string of the molecule is CCCCn1cc(CCC(C)C)n(Cc2ccc(-c3ccccc3/C(=N/N)NN)nc2)c1=O. The molecule has 0 atom stereocenters. The Labute approximate surface area is 195 Å². The van der Waals surface area contributed by atoms with Gasteiger partial charge in [-0.15, -0.1) is 0 Å². The largest absolute Gasteiger partial charge is 0.328 e. The first kappa shape index (κ1) is 24.3. The Morgan fingerprint density at radius 2 is 2.00 bits per heavy atom. The highest BCUT2D eigenvalue weighted by Gasteiger charge is 2.14. The summed E-state index contributed by atoms with van der Waals surface area (Å²) in [6.45, 7) is 7.81. The highest BCUT2D eigenvalue weighted by Crippen LogP contribution is 2.22. The lowest BCUT2D eigenvalue weighted by Crippen LogP contribution is -2.32. The van der Waals surface area contributed by atoms with Gasteiger partial charge in [0.1, 0.15) is 0 Å². The Hall–Kier alpha value is -3.39. The van der Waals surface area contributed by atoms with Crippen LogP contribution in [0.1, 0.15) is 56.9 Å². The first-order valence-corrected chi connectivity index (χ1v) is 11.6. The number of nitrogens with zero attached hydrogens (tertiary/aromatic N) is 4. The molecule has 0 spiro atoms. The van der Waals surface area contributed by atoms with Crippen LogP contribution in [0.25, 0.3) is 11.3 Å². The first-order valence-electron chi connectivity index (χ1n) is 11.6. The van der Waals surface area contributed by atoms with E-state index in [1.165, 1.54) is 0 Å². The van der Waals surface area contributed by atoms with Crippen molar-refractivity contribution in [2.75, 3.05) is 0 Å². The number of benzene rings is 1. The van der Waals surface area contributed by atoms with E-state index in [1.807, 2.05) is 57.9 Å². The van der Waals surface area contributed by atoms with Gasteiger partial charge in [-0.1, -0.05) is 57.5 Å². The van der Waals surface area contributed by atoms with Crippen molar-refractivity contribution >= 4 is 5.84 Å². The molecular weight excluding hydrogens is 414 g/mol. The summed E-state index contributed by atoms with van der Waals surface area (Å²) in [6.07, 6.45) is 7.84. The fraction of sp³-hybridized carbons (Fsp3) is 0.400. The zero-order chi connectivity index (χ0) is 23.8. The van der Waals surface area contributed by atoms with Crippen LogP contribution in [-0.4, -0.2) is 20.0 Å². The molecule has 0 fully saturated rings. The van der Waals surface area contributed by atoms with Crippen LogP contribution in [0.5, 0.6) is 0 Å². The highest BCUT2D eigenvalue weighted by molar-refractivity contribution is 6.03. The normalized spacial score (nSPS) is 11.8. The van der Waals surface area contributed by atoms with E-state index in [1.54, 1.807) is 0 Å². The molecule has 0 unspecified atom stereocenters. The highest BCUT2D eigenvalue weighted by atomic mass is 16.1. The van der Waals surface area contributed by atoms with Crippen LogP contribution in [0.2, 0.25) is 0 Å². The quantitative estimate of drug-likeness (QED) is 0.190. The molecule has 0 radical (unpaired) electrons. The van der Waals surface area contributed by atoms with Crippen LogP contribution in [0, 0.1) is 5.92 Å². The summed E-state index contributed by atoms with van der Waals surface area (Å²) < 4.78 is 3.74. The molecule has 0 aliphatic rings. The average molecular weight is 450 g/mol. The maximum atomic E-state index is 13.1. The van der Waals surface area contributed by atoms with Crippen LogP contribution < -0.4 is 22.8 Å². The van der Waals surface area contributed by atoms with Gasteiger partial charge in [0, 0.05) is 35.8 Å². The minimum atomic E-state index is 0.0504. The predicted octanol–water partition coefficient (Wildman–Crippen LogP) is 3.23. The zero-order valence-corrected chi connectivity index (χ0v) is 19.8. The fourth-order valence-electron chi connectivity index (χ4n) is 3.83. The van der Waals surface area contributed by atoms with Crippen molar-refractivity contribution in [3.05, 3.63) is 76.1 Å². The number of hydrogen-bond donors (Lipinski definition) is 3. The molecule has 0 aliphatic heterocycles. The van der Waals surface area contributed by atoms with E-state index < -0.39 is 0 Å². The lowest BCUT2D eigenvalue weighted by atomic mass is 10.0. The van der Waals surface area contributed by atoms with Gasteiger partial charge in [0.25, 0.3) is 0 Å². The van der Waals surface area contributed by atoms with Crippen LogP contribution >= 0.6 is 0 Å². The zero-order valence-electron chi connectivity index (χ0n) is 19.8. The molecular formula is C25H35N7O. The predicted molar refractivity (Wildman–Crippen MR) is 134 cm³/mol. The lowest BCUT2D eigenvalue weighted by Gasteiger charge is -2.12. The average Bonchev–Trinajstić information content (AvgIpc) is 3.12. The Morgan fingerprint density at radius 1 is 1.21 bits per heavy atom. The summed E-state index contributed by atoms with van der Waals surface area (Å²) in [5.41, 5.74) is 7.04. The Morgan fingerprint density at radius 3 is 2.64 bits per heavy atom. The van der Waals surface area contributed by atoms with E-state index in [0.717, 1.165) is 60.3 Å². The topological polar surface area (TPSA) is 116 Å². The number of rotatable bonds is 10. The molecule has 33 heavy (non-hydrogen) atoms. The number of hydrazone groups is 1. The van der Waals surface area contributed by atoms with Crippen molar-refractivity contribution in [2.45, 2.75) is 59.5 Å². The molecule has 3 rings (SSSR count). The molecule has 0 amide bonds. The third kappa shape index (κ3) is 5.90. The van der Waals surface area contributed by atoms with Gasteiger partial charge in [0.2, 0.25) is 0 Å². The van der Waals surface area contributed by atoms with Crippen LogP contribution in [0.4, 0.5) is 0 Å². The molecule has 176 valence electrons. The standard InChI is InChI=1S/C25H35N7O/c1-4-5-14-31-17-20(12-10-18(2)3)32(25(31)33)16-19-11-13-23(28-15-19)21-8-6-7-9-22(21)24(29-26)30-27/h6-9,11,13,15,17-18H,4-5,10,12,14,16,26-27H2,1-3H3,(H,29,30). The molecule has 1 aromatic carbocycles. The number of nitrogens with two attached hydrogens (primary N) is 2. The molecule has 0 saturated carbocycles. The maximum absolute atomic E-state index is 13.1. The van der Waals surface area contributed by atoms with E-state index in [2.05, 4.69) is 36.3 Å². The number of aromatic nitrogens is 3. The number of hydrogen-bond acceptors (Lipinski definition) is 5. The number of aryl methyl sites for hydroxylation is 2. The molecule has 2 aromatic heterocycles. The molecule has 2 heterocycles. The van der Waals surface area contributed by atoms with Crippen molar-refractivity contribution in [1.29, 1.82) is 0 Å². The lowest BCUT2D eigenvalue weighted by molar-refractivity contribution is 0.563. The number of hydrazine groups is 1. The molecule has 0 aliphatic carbocycles. The van der Waals surface area contributed by atoms with Gasteiger partial charge in [-0.2, -0.15) is 5.10 Å². The smallest absolute Gasteiger partial charge is 0.321 e. The van der Waals surface area contributed by atoms with Gasteiger partial charge in [-0.25, -0.2) is 10.6 Å². The van der Waals surface area contributed by atoms with E-state index >= 15 is 0 Å². The molecule has 0 bridgehead atoms. The van der Waals surface area contributed by atoms with Crippen LogP contribution in [0.15, 0.2) is 58.7 Å². The second kappa shape index (κ2) is 11.5. The van der Waals surface area contributed by atoms with E-state index in [9.17, 15) is 4.79 Å². The molecule has 8 heteroatoms. The molecule has 8 nitrogen and oxygen atoms in total. The number of nitrogens with one attached hydrogen (secondary N) is 1. The monoisotopic (exact) mass is 449 g/mol. The van der Waals surface area contributed by atoms with Gasteiger partial charge in [0.05, 0.1) is 12.2 Å². The fourth-order valence-corrected chi connectivity index (χ4v) is 3.83. The Balaban J connectivity index is 1.89. The van der Waals surface area contributed by atoms with E-state index in [4.69, 9.17) is 11.7 Å². The first-order chi connectivity index (χ1) is 16.0. The summed E-state index contributed by atoms with van der Waals surface area (Å²) in [7, 11) is 0. The van der Waals surface area contributed by atoms with Crippen molar-refractivity contribution < 1.29 is 0 Å². The van der Waals surface area contributed by atoms with Crippen molar-refractivity contribution in [1.82, 2.24) is 19.5 Å². The summed E-state index contributed by atoms with van der Waals surface area (Å²) in [4.78, 5) is 17.7. The molecule has 3 aromatic rings. The van der Waals surface area contributed by atoms with E-state index in [0.29, 0.717) is 18.3 Å². The second-order valence-corrected chi connectivity index (χ2v) is 8.69. The number of amidine groups is 1. The third-order valence-corrected chi connectivity index (χ3v) is 5.75. The van der Waals surface area contributed by atoms with Crippen LogP contribution in [-0.2, 0) is 19.5 Å². The van der Waals surface area contributed by atoms with Crippen molar-refractivity contribution in [3.8, 4) is 11.3 Å². The number of imidazole rings is 1. The van der Waals surface area contributed by atoms with Gasteiger partial charge >= 0.3 is 5.69 Å². The molecule has 5 N–H and O–H groups in total. The van der Waals surface area contributed by atoms with Gasteiger partial charge in [-0.3, -0.25) is 14.1 Å². The van der Waals surface area contributed by atoms with Crippen molar-refractivity contribution in [3.63, 3.8) is 0 Å². The Bertz CT molecular complexity index is 1130. The summed E-state index contributed by atoms with van der Waals surface area (Å²) in [5.74, 6) is 12.0.